The van der Waals surface area contributed by atoms with E-state index in [1.54, 1.807) is 12.1 Å². The number of anilines is 1. The van der Waals surface area contributed by atoms with Gasteiger partial charge in [-0.05, 0) is 41.7 Å². The molecule has 0 fully saturated rings. The van der Waals surface area contributed by atoms with Gasteiger partial charge in [0.05, 0.1) is 0 Å². The molecule has 0 saturated heterocycles. The van der Waals surface area contributed by atoms with Gasteiger partial charge in [0.2, 0.25) is 0 Å². The van der Waals surface area contributed by atoms with Crippen molar-refractivity contribution >= 4 is 17.4 Å². The van der Waals surface area contributed by atoms with Crippen molar-refractivity contribution in [2.75, 3.05) is 11.9 Å². The van der Waals surface area contributed by atoms with Gasteiger partial charge >= 0.3 is 0 Å². The molecular formula is C16H17ClN4. The zero-order chi connectivity index (χ0) is 15.3. The highest BCUT2D eigenvalue weighted by atomic mass is 35.5. The first-order valence-corrected chi connectivity index (χ1v) is 7.08. The van der Waals surface area contributed by atoms with Crippen molar-refractivity contribution in [2.45, 2.75) is 20.3 Å². The van der Waals surface area contributed by atoms with Crippen LogP contribution < -0.4 is 5.32 Å². The van der Waals surface area contributed by atoms with E-state index in [0.717, 1.165) is 18.0 Å². The van der Waals surface area contributed by atoms with Crippen LogP contribution in [0.15, 0.2) is 36.4 Å². The van der Waals surface area contributed by atoms with Gasteiger partial charge in [-0.2, -0.15) is 5.26 Å². The molecule has 108 valence electrons. The number of nitrogens with zero attached hydrogens (tertiary/aromatic N) is 3. The Hall–Kier alpha value is -2.12. The van der Waals surface area contributed by atoms with Crippen LogP contribution in [0, 0.1) is 16.7 Å². The van der Waals surface area contributed by atoms with Gasteiger partial charge < -0.3 is 5.32 Å². The first-order chi connectivity index (χ1) is 9.98. The minimum absolute atomic E-state index is 0.0419. The molecule has 0 spiro atoms. The molecule has 0 amide bonds. The van der Waals surface area contributed by atoms with Crippen LogP contribution in [0.25, 0.3) is 0 Å². The van der Waals surface area contributed by atoms with Crippen molar-refractivity contribution in [3.8, 4) is 6.07 Å². The average molecular weight is 301 g/mol. The number of halogens is 1. The smallest absolute Gasteiger partial charge is 0.163 e. The van der Waals surface area contributed by atoms with Gasteiger partial charge in [0.1, 0.15) is 11.9 Å². The van der Waals surface area contributed by atoms with Gasteiger partial charge in [0, 0.05) is 11.6 Å². The molecule has 5 heteroatoms. The Bertz CT molecular complexity index is 644. The lowest BCUT2D eigenvalue weighted by Gasteiger charge is -2.25. The number of nitrogens with one attached hydrogen (secondary N) is 1. The molecule has 0 bridgehead atoms. The molecule has 21 heavy (non-hydrogen) atoms. The van der Waals surface area contributed by atoms with Crippen LogP contribution in [0.3, 0.4) is 0 Å². The van der Waals surface area contributed by atoms with Crippen LogP contribution in [0.1, 0.15) is 25.1 Å². The summed E-state index contributed by atoms with van der Waals surface area (Å²) < 4.78 is 0. The number of hydrogen-bond donors (Lipinski definition) is 1. The molecule has 1 heterocycles. The van der Waals surface area contributed by atoms with Crippen LogP contribution in [-0.2, 0) is 6.42 Å². The molecule has 0 atom stereocenters. The molecule has 0 saturated carbocycles. The first-order valence-electron chi connectivity index (χ1n) is 6.71. The normalized spacial score (nSPS) is 11.0. The number of benzene rings is 1. The maximum atomic E-state index is 8.69. The van der Waals surface area contributed by atoms with Crippen molar-refractivity contribution in [1.29, 1.82) is 5.26 Å². The first kappa shape index (κ1) is 15.3. The second-order valence-electron chi connectivity index (χ2n) is 5.74. The summed E-state index contributed by atoms with van der Waals surface area (Å²) in [5.74, 6) is 0.674. The largest absolute Gasteiger partial charge is 0.368 e. The van der Waals surface area contributed by atoms with Gasteiger partial charge in [-0.1, -0.05) is 37.6 Å². The van der Waals surface area contributed by atoms with Crippen LogP contribution in [0.5, 0.6) is 0 Å². The quantitative estimate of drug-likeness (QED) is 0.915. The highest BCUT2D eigenvalue weighted by molar-refractivity contribution is 6.30. The lowest BCUT2D eigenvalue weighted by molar-refractivity contribution is 0.389. The maximum absolute atomic E-state index is 8.69. The summed E-state index contributed by atoms with van der Waals surface area (Å²) in [7, 11) is 0. The van der Waals surface area contributed by atoms with E-state index >= 15 is 0 Å². The van der Waals surface area contributed by atoms with E-state index in [-0.39, 0.29) is 5.41 Å². The summed E-state index contributed by atoms with van der Waals surface area (Å²) in [6.45, 7) is 5.11. The summed E-state index contributed by atoms with van der Waals surface area (Å²) in [6, 6.07) is 13.3. The minimum Gasteiger partial charge on any atom is -0.368 e. The van der Waals surface area contributed by atoms with Crippen LogP contribution in [0.4, 0.5) is 5.82 Å². The Balaban J connectivity index is 1.95. The second-order valence-corrected chi connectivity index (χ2v) is 6.18. The number of hydrogen-bond acceptors (Lipinski definition) is 4. The van der Waals surface area contributed by atoms with E-state index in [0.29, 0.717) is 11.5 Å². The van der Waals surface area contributed by atoms with Gasteiger partial charge in [-0.25, -0.2) is 0 Å². The Morgan fingerprint density at radius 3 is 2.67 bits per heavy atom. The van der Waals surface area contributed by atoms with Gasteiger partial charge in [0.15, 0.2) is 5.69 Å². The summed E-state index contributed by atoms with van der Waals surface area (Å²) in [5, 5.41) is 20.5. The highest BCUT2D eigenvalue weighted by Crippen LogP contribution is 2.23. The molecule has 0 unspecified atom stereocenters. The fraction of sp³-hybridized carbons (Fsp3) is 0.312. The van der Waals surface area contributed by atoms with E-state index in [1.165, 1.54) is 5.56 Å². The predicted molar refractivity (Wildman–Crippen MR) is 84.2 cm³/mol. The van der Waals surface area contributed by atoms with Crippen molar-refractivity contribution < 1.29 is 0 Å². The van der Waals surface area contributed by atoms with E-state index in [9.17, 15) is 0 Å². The maximum Gasteiger partial charge on any atom is 0.163 e. The summed E-state index contributed by atoms with van der Waals surface area (Å²) >= 11 is 6.01. The van der Waals surface area contributed by atoms with E-state index < -0.39 is 0 Å². The Morgan fingerprint density at radius 1 is 1.24 bits per heavy atom. The molecule has 2 rings (SSSR count). The third-order valence-corrected chi connectivity index (χ3v) is 3.33. The molecule has 1 N–H and O–H groups in total. The Kier molecular flexibility index (Phi) is 4.77. The second kappa shape index (κ2) is 6.55. The third kappa shape index (κ3) is 4.73. The lowest BCUT2D eigenvalue weighted by Crippen LogP contribution is -2.26. The van der Waals surface area contributed by atoms with Crippen molar-refractivity contribution in [1.82, 2.24) is 10.2 Å². The summed E-state index contributed by atoms with van der Waals surface area (Å²) in [4.78, 5) is 0. The monoisotopic (exact) mass is 300 g/mol. The fourth-order valence-corrected chi connectivity index (χ4v) is 2.29. The van der Waals surface area contributed by atoms with Crippen molar-refractivity contribution in [3.63, 3.8) is 0 Å². The summed E-state index contributed by atoms with van der Waals surface area (Å²) in [6.07, 6.45) is 0.907. The standard InChI is InChI=1S/C16H17ClN4/c1-16(2,9-12-4-3-5-13(17)8-12)11-19-15-7-6-14(10-18)20-21-15/h3-8H,9,11H2,1-2H3,(H,19,21). The zero-order valence-corrected chi connectivity index (χ0v) is 12.9. The molecule has 0 aliphatic carbocycles. The molecule has 0 aliphatic heterocycles. The number of rotatable bonds is 5. The predicted octanol–water partition coefficient (Wildman–Crippen LogP) is 3.68. The van der Waals surface area contributed by atoms with Crippen LogP contribution >= 0.6 is 11.6 Å². The summed E-state index contributed by atoms with van der Waals surface area (Å²) in [5.41, 5.74) is 1.57. The topological polar surface area (TPSA) is 61.6 Å². The fourth-order valence-electron chi connectivity index (χ4n) is 2.08. The highest BCUT2D eigenvalue weighted by Gasteiger charge is 2.18. The molecule has 0 radical (unpaired) electrons. The van der Waals surface area contributed by atoms with E-state index in [1.807, 2.05) is 24.3 Å². The van der Waals surface area contributed by atoms with E-state index in [4.69, 9.17) is 16.9 Å². The number of nitriles is 1. The average Bonchev–Trinajstić information content (AvgIpc) is 2.45. The molecule has 4 nitrogen and oxygen atoms in total. The van der Waals surface area contributed by atoms with Gasteiger partial charge in [-0.15, -0.1) is 10.2 Å². The van der Waals surface area contributed by atoms with Crippen LogP contribution in [0.2, 0.25) is 5.02 Å². The molecule has 1 aromatic heterocycles. The van der Waals surface area contributed by atoms with Gasteiger partial charge in [-0.3, -0.25) is 0 Å². The zero-order valence-electron chi connectivity index (χ0n) is 12.1. The van der Waals surface area contributed by atoms with Crippen molar-refractivity contribution in [2.24, 2.45) is 5.41 Å². The number of aromatic nitrogens is 2. The van der Waals surface area contributed by atoms with Crippen LogP contribution in [-0.4, -0.2) is 16.7 Å². The van der Waals surface area contributed by atoms with E-state index in [2.05, 4.69) is 35.4 Å². The van der Waals surface area contributed by atoms with Gasteiger partial charge in [0.25, 0.3) is 0 Å². The Morgan fingerprint density at radius 2 is 2.05 bits per heavy atom. The SMILES string of the molecule is CC(C)(CNc1ccc(C#N)nn1)Cc1cccc(Cl)c1. The Labute approximate surface area is 129 Å². The molecule has 0 aliphatic rings. The lowest BCUT2D eigenvalue weighted by atomic mass is 9.85. The third-order valence-electron chi connectivity index (χ3n) is 3.10. The minimum atomic E-state index is 0.0419. The molecule has 2 aromatic rings. The molecule has 1 aromatic carbocycles. The van der Waals surface area contributed by atoms with Crippen molar-refractivity contribution in [3.05, 3.63) is 52.7 Å². The molecular weight excluding hydrogens is 284 g/mol.